The lowest BCUT2D eigenvalue weighted by molar-refractivity contribution is -0.661. The molecule has 30 heavy (non-hydrogen) atoms. The van der Waals surface area contributed by atoms with Crippen molar-refractivity contribution in [1.29, 1.82) is 0 Å². The van der Waals surface area contributed by atoms with Gasteiger partial charge in [-0.3, -0.25) is 0 Å². The Bertz CT molecular complexity index is 1260. The van der Waals surface area contributed by atoms with Crippen molar-refractivity contribution in [3.8, 4) is 0 Å². The van der Waals surface area contributed by atoms with Gasteiger partial charge in [0.05, 0.1) is 26.9 Å². The minimum atomic E-state index is -4.31. The number of rotatable bonds is 7. The number of aromatic nitrogens is 1. The zero-order valence-corrected chi connectivity index (χ0v) is 19.3. The lowest BCUT2D eigenvalue weighted by Crippen LogP contribution is -2.44. The van der Waals surface area contributed by atoms with Gasteiger partial charge in [-0.2, -0.15) is 4.57 Å². The second kappa shape index (κ2) is 8.48. The molecule has 0 bridgehead atoms. The van der Waals surface area contributed by atoms with E-state index in [4.69, 9.17) is 11.6 Å². The SMILES string of the molecule is O=C([O-])C[n+]1c(C=C2Sc3ccc(Cl)cc3N2CCCS(=O)(=O)[O-])sc2ccsc21. The molecule has 12 heteroatoms. The molecule has 0 radical (unpaired) electrons. The van der Waals surface area contributed by atoms with Gasteiger partial charge in [0.15, 0.2) is 6.54 Å². The van der Waals surface area contributed by atoms with E-state index < -0.39 is 21.8 Å². The summed E-state index contributed by atoms with van der Waals surface area (Å²) < 4.78 is 35.7. The second-order valence-corrected chi connectivity index (χ2v) is 11.4. The number of halogens is 1. The summed E-state index contributed by atoms with van der Waals surface area (Å²) in [6.45, 7) is 0.0470. The lowest BCUT2D eigenvalue weighted by atomic mass is 10.2. The molecule has 2 aromatic heterocycles. The molecule has 0 saturated heterocycles. The van der Waals surface area contributed by atoms with E-state index in [9.17, 15) is 22.9 Å². The molecule has 0 spiro atoms. The maximum absolute atomic E-state index is 11.3. The number of carboxylic acids is 1. The van der Waals surface area contributed by atoms with Gasteiger partial charge >= 0.3 is 0 Å². The summed E-state index contributed by atoms with van der Waals surface area (Å²) in [5.74, 6) is -1.64. The van der Waals surface area contributed by atoms with Gasteiger partial charge in [-0.05, 0) is 36.1 Å². The Morgan fingerprint density at radius 3 is 2.83 bits per heavy atom. The smallest absolute Gasteiger partial charge is 0.280 e. The van der Waals surface area contributed by atoms with Crippen LogP contribution in [0, 0.1) is 0 Å². The largest absolute Gasteiger partial charge is 0.748 e. The predicted molar refractivity (Wildman–Crippen MR) is 117 cm³/mol. The van der Waals surface area contributed by atoms with Crippen molar-refractivity contribution in [3.63, 3.8) is 0 Å². The summed E-state index contributed by atoms with van der Waals surface area (Å²) >= 11 is 10.6. The highest BCUT2D eigenvalue weighted by molar-refractivity contribution is 8.03. The van der Waals surface area contributed by atoms with Crippen molar-refractivity contribution < 1.29 is 27.4 Å². The first-order valence-electron chi connectivity index (χ1n) is 8.71. The fraction of sp³-hybridized carbons (Fsp3) is 0.222. The molecule has 0 N–H and O–H groups in total. The number of thiazole rings is 1. The van der Waals surface area contributed by atoms with Crippen LogP contribution in [-0.2, 0) is 21.5 Å². The van der Waals surface area contributed by atoms with Gasteiger partial charge in [-0.1, -0.05) is 46.0 Å². The minimum absolute atomic E-state index is 0.161. The van der Waals surface area contributed by atoms with Crippen LogP contribution in [0.15, 0.2) is 39.6 Å². The number of carboxylic acid groups (broad SMARTS) is 1. The number of carbonyl (C=O) groups is 1. The number of benzene rings is 1. The van der Waals surface area contributed by atoms with Crippen LogP contribution in [0.3, 0.4) is 0 Å². The van der Waals surface area contributed by atoms with Gasteiger partial charge < -0.3 is 19.4 Å². The van der Waals surface area contributed by atoms with E-state index in [1.54, 1.807) is 16.7 Å². The molecule has 3 aromatic rings. The summed E-state index contributed by atoms with van der Waals surface area (Å²) in [4.78, 5) is 15.0. The van der Waals surface area contributed by atoms with Crippen LogP contribution in [0.5, 0.6) is 0 Å². The molecule has 0 fully saturated rings. The summed E-state index contributed by atoms with van der Waals surface area (Å²) in [7, 11) is -4.31. The molecule has 0 aliphatic carbocycles. The Labute approximate surface area is 190 Å². The molecule has 7 nitrogen and oxygen atoms in total. The summed E-state index contributed by atoms with van der Waals surface area (Å²) in [5, 5.41) is 15.3. The second-order valence-electron chi connectivity index (χ2n) is 6.45. The van der Waals surface area contributed by atoms with E-state index in [-0.39, 0.29) is 13.0 Å². The number of carbonyl (C=O) groups excluding carboxylic acids is 1. The van der Waals surface area contributed by atoms with Crippen LogP contribution in [0.4, 0.5) is 5.69 Å². The number of thiophene rings is 1. The van der Waals surface area contributed by atoms with E-state index >= 15 is 0 Å². The predicted octanol–water partition coefficient (Wildman–Crippen LogP) is 2.50. The van der Waals surface area contributed by atoms with Crippen molar-refractivity contribution in [1.82, 2.24) is 0 Å². The highest BCUT2D eigenvalue weighted by Crippen LogP contribution is 2.48. The molecule has 1 aliphatic heterocycles. The number of aliphatic carboxylic acids is 1. The topological polar surface area (TPSA) is 104 Å². The van der Waals surface area contributed by atoms with Crippen molar-refractivity contribution in [3.05, 3.63) is 44.7 Å². The zero-order chi connectivity index (χ0) is 21.5. The number of fused-ring (bicyclic) bond motifs is 2. The molecule has 0 unspecified atom stereocenters. The third-order valence-electron chi connectivity index (χ3n) is 4.34. The van der Waals surface area contributed by atoms with Gasteiger partial charge in [0.2, 0.25) is 0 Å². The first kappa shape index (κ1) is 21.6. The summed E-state index contributed by atoms with van der Waals surface area (Å²) in [5.41, 5.74) is 0.826. The Hall–Kier alpha value is -1.63. The van der Waals surface area contributed by atoms with Crippen LogP contribution in [0.2, 0.25) is 5.02 Å². The third kappa shape index (κ3) is 4.66. The normalized spacial score (nSPS) is 15.3. The minimum Gasteiger partial charge on any atom is -0.748 e. The standard InChI is InChI=1S/C18H15ClN2O5S4/c19-11-2-3-13-12(8-11)20(5-1-7-30(24,25)26)15(28-13)9-16-21(10-17(22)23)18-14(29-16)4-6-27-18/h2-4,6,8-9H,1,5,7,10H2,(H-,22,23,24,25,26)/p-1. The average Bonchev–Trinajstić information content (AvgIpc) is 3.30. The maximum atomic E-state index is 11.3. The van der Waals surface area contributed by atoms with Gasteiger partial charge in [-0.25, -0.2) is 8.42 Å². The highest BCUT2D eigenvalue weighted by atomic mass is 35.5. The van der Waals surface area contributed by atoms with Gasteiger partial charge in [0.1, 0.15) is 10.7 Å². The summed E-state index contributed by atoms with van der Waals surface area (Å²) in [6, 6.07) is 7.38. The van der Waals surface area contributed by atoms with Crippen LogP contribution < -0.4 is 14.6 Å². The molecule has 3 heterocycles. The maximum Gasteiger partial charge on any atom is 0.280 e. The lowest BCUT2D eigenvalue weighted by Gasteiger charge is -2.20. The van der Waals surface area contributed by atoms with E-state index in [2.05, 4.69) is 0 Å². The Balaban J connectivity index is 1.73. The first-order chi connectivity index (χ1) is 14.2. The monoisotopic (exact) mass is 501 g/mol. The van der Waals surface area contributed by atoms with Crippen LogP contribution in [0.1, 0.15) is 11.4 Å². The molecular formula is C18H14ClN2O5S4-. The highest BCUT2D eigenvalue weighted by Gasteiger charge is 2.28. The molecule has 0 atom stereocenters. The zero-order valence-electron chi connectivity index (χ0n) is 15.2. The Morgan fingerprint density at radius 1 is 1.30 bits per heavy atom. The number of anilines is 1. The van der Waals surface area contributed by atoms with Gasteiger partial charge in [-0.15, -0.1) is 0 Å². The van der Waals surface area contributed by atoms with E-state index in [0.717, 1.165) is 30.1 Å². The first-order valence-corrected chi connectivity index (χ1v) is 13.2. The molecule has 0 amide bonds. The molecule has 1 aliphatic rings. The number of nitrogens with zero attached hydrogens (tertiary/aromatic N) is 2. The fourth-order valence-corrected chi connectivity index (χ4v) is 7.18. The molecule has 1 aromatic carbocycles. The quantitative estimate of drug-likeness (QED) is 0.362. The Morgan fingerprint density at radius 2 is 2.10 bits per heavy atom. The van der Waals surface area contributed by atoms with E-state index in [1.807, 2.05) is 28.5 Å². The third-order valence-corrected chi connectivity index (χ3v) is 8.64. The van der Waals surface area contributed by atoms with Gasteiger partial charge in [0, 0.05) is 22.2 Å². The number of hydrogen-bond donors (Lipinski definition) is 0. The van der Waals surface area contributed by atoms with E-state index in [0.29, 0.717) is 11.6 Å². The van der Waals surface area contributed by atoms with Crippen LogP contribution in [-0.4, -0.2) is 31.2 Å². The molecular weight excluding hydrogens is 488 g/mol. The number of hydrogen-bond acceptors (Lipinski definition) is 9. The van der Waals surface area contributed by atoms with Crippen molar-refractivity contribution in [2.75, 3.05) is 17.2 Å². The van der Waals surface area contributed by atoms with E-state index in [1.165, 1.54) is 34.4 Å². The molecule has 158 valence electrons. The summed E-state index contributed by atoms with van der Waals surface area (Å²) in [6.07, 6.45) is 2.04. The molecule has 4 rings (SSSR count). The number of thioether (sulfide) groups is 1. The Kier molecular flexibility index (Phi) is 6.11. The van der Waals surface area contributed by atoms with Crippen LogP contribution >= 0.6 is 46.0 Å². The van der Waals surface area contributed by atoms with Crippen molar-refractivity contribution in [2.45, 2.75) is 17.9 Å². The molecule has 0 saturated carbocycles. The van der Waals surface area contributed by atoms with Crippen molar-refractivity contribution >= 4 is 83.4 Å². The fourth-order valence-electron chi connectivity index (χ4n) is 3.14. The van der Waals surface area contributed by atoms with Crippen LogP contribution in [0.25, 0.3) is 15.6 Å². The average molecular weight is 502 g/mol. The van der Waals surface area contributed by atoms with Gasteiger partial charge in [0.25, 0.3) is 9.84 Å². The van der Waals surface area contributed by atoms with Crippen molar-refractivity contribution in [2.24, 2.45) is 0 Å².